The van der Waals surface area contributed by atoms with Gasteiger partial charge in [-0.25, -0.2) is 0 Å². The topological polar surface area (TPSA) is 18.5 Å². The van der Waals surface area contributed by atoms with E-state index in [0.29, 0.717) is 0 Å². The number of methoxy groups -OCH3 is 1. The third-order valence-electron chi connectivity index (χ3n) is 2.87. The molecule has 0 saturated heterocycles. The van der Waals surface area contributed by atoms with Crippen LogP contribution in [0.15, 0.2) is 23.8 Å². The molecule has 0 bridgehead atoms. The molecule has 0 amide bonds. The van der Waals surface area contributed by atoms with Crippen molar-refractivity contribution < 1.29 is 9.47 Å². The van der Waals surface area contributed by atoms with Crippen LogP contribution >= 0.6 is 0 Å². The summed E-state index contributed by atoms with van der Waals surface area (Å²) in [7, 11) is 1.76. The van der Waals surface area contributed by atoms with Crippen molar-refractivity contribution >= 4 is 0 Å². The Hall–Kier alpha value is -0.600. The first kappa shape index (κ1) is 16.4. The third kappa shape index (κ3) is 5.51. The van der Waals surface area contributed by atoms with Crippen molar-refractivity contribution in [1.29, 1.82) is 0 Å². The molecule has 0 saturated carbocycles. The summed E-state index contributed by atoms with van der Waals surface area (Å²) in [5.74, 6) is 0. The molecule has 1 heterocycles. The van der Waals surface area contributed by atoms with Crippen molar-refractivity contribution in [2.24, 2.45) is 5.41 Å². The highest BCUT2D eigenvalue weighted by molar-refractivity contribution is 5.09. The molecule has 2 atom stereocenters. The van der Waals surface area contributed by atoms with Crippen LogP contribution < -0.4 is 0 Å². The minimum Gasteiger partial charge on any atom is -0.377 e. The van der Waals surface area contributed by atoms with Gasteiger partial charge in [0.05, 0.1) is 18.8 Å². The summed E-state index contributed by atoms with van der Waals surface area (Å²) in [6.45, 7) is 9.42. The standard InChI is InChI=1S/C14H24O2.CH4/c1-11-8-9-16-12(10-11)6-7-13(15-5)14(2,3)4;/h6-8,12-13H,9-10H2,1-5H3;1H4/b7-6+;/t12-,13?;/m1./s1. The maximum Gasteiger partial charge on any atom is 0.0801 e. The van der Waals surface area contributed by atoms with Gasteiger partial charge in [0.25, 0.3) is 0 Å². The van der Waals surface area contributed by atoms with E-state index in [9.17, 15) is 0 Å². The molecule has 1 aliphatic heterocycles. The lowest BCUT2D eigenvalue weighted by molar-refractivity contribution is 0.0505. The molecule has 1 unspecified atom stereocenters. The molecule has 2 nitrogen and oxygen atoms in total. The summed E-state index contributed by atoms with van der Waals surface area (Å²) in [5.41, 5.74) is 1.54. The summed E-state index contributed by atoms with van der Waals surface area (Å²) in [4.78, 5) is 0. The van der Waals surface area contributed by atoms with Crippen LogP contribution in [0.1, 0.15) is 41.5 Å². The number of ether oxygens (including phenoxy) is 2. The van der Waals surface area contributed by atoms with E-state index in [-0.39, 0.29) is 25.0 Å². The zero-order chi connectivity index (χ0) is 12.2. The predicted octanol–water partition coefficient (Wildman–Crippen LogP) is 3.98. The van der Waals surface area contributed by atoms with Gasteiger partial charge in [0.15, 0.2) is 0 Å². The summed E-state index contributed by atoms with van der Waals surface area (Å²) in [6.07, 6.45) is 7.75. The van der Waals surface area contributed by atoms with Gasteiger partial charge in [0.1, 0.15) is 0 Å². The third-order valence-corrected chi connectivity index (χ3v) is 2.87. The Balaban J connectivity index is 0.00000256. The van der Waals surface area contributed by atoms with Gasteiger partial charge in [-0.1, -0.05) is 52.0 Å². The van der Waals surface area contributed by atoms with E-state index in [4.69, 9.17) is 9.47 Å². The second kappa shape index (κ2) is 6.97. The second-order valence-electron chi connectivity index (χ2n) is 5.53. The highest BCUT2D eigenvalue weighted by Gasteiger charge is 2.22. The van der Waals surface area contributed by atoms with Crippen LogP contribution in [0.25, 0.3) is 0 Å². The average molecular weight is 240 g/mol. The van der Waals surface area contributed by atoms with E-state index in [1.807, 2.05) is 0 Å². The van der Waals surface area contributed by atoms with Crippen LogP contribution in [0.4, 0.5) is 0 Å². The first-order chi connectivity index (χ1) is 7.43. The van der Waals surface area contributed by atoms with Crippen LogP contribution in [0.2, 0.25) is 0 Å². The zero-order valence-corrected chi connectivity index (χ0v) is 11.1. The smallest absolute Gasteiger partial charge is 0.0801 e. The van der Waals surface area contributed by atoms with Gasteiger partial charge in [0, 0.05) is 7.11 Å². The van der Waals surface area contributed by atoms with Crippen molar-refractivity contribution in [3.8, 4) is 0 Å². The lowest BCUT2D eigenvalue weighted by atomic mass is 9.88. The Kier molecular flexibility index (Phi) is 6.73. The minimum absolute atomic E-state index is 0. The van der Waals surface area contributed by atoms with E-state index in [2.05, 4.69) is 45.9 Å². The van der Waals surface area contributed by atoms with Crippen LogP contribution in [0.5, 0.6) is 0 Å². The van der Waals surface area contributed by atoms with E-state index in [1.54, 1.807) is 7.11 Å². The first-order valence-electron chi connectivity index (χ1n) is 5.92. The molecule has 0 spiro atoms. The van der Waals surface area contributed by atoms with E-state index in [0.717, 1.165) is 13.0 Å². The number of hydrogen-bond acceptors (Lipinski definition) is 2. The van der Waals surface area contributed by atoms with Crippen molar-refractivity contribution in [3.05, 3.63) is 23.8 Å². The highest BCUT2D eigenvalue weighted by atomic mass is 16.5. The Morgan fingerprint density at radius 2 is 2.12 bits per heavy atom. The first-order valence-corrected chi connectivity index (χ1v) is 5.92. The quantitative estimate of drug-likeness (QED) is 0.695. The summed E-state index contributed by atoms with van der Waals surface area (Å²) in [6, 6.07) is 0. The fourth-order valence-electron chi connectivity index (χ4n) is 1.84. The molecular weight excluding hydrogens is 212 g/mol. The van der Waals surface area contributed by atoms with E-state index < -0.39 is 0 Å². The molecule has 100 valence electrons. The maximum atomic E-state index is 5.64. The molecule has 1 aliphatic rings. The fourth-order valence-corrected chi connectivity index (χ4v) is 1.84. The monoisotopic (exact) mass is 240 g/mol. The molecule has 0 aromatic heterocycles. The van der Waals surface area contributed by atoms with E-state index in [1.165, 1.54) is 5.57 Å². The Morgan fingerprint density at radius 3 is 2.59 bits per heavy atom. The average Bonchev–Trinajstić information content (AvgIpc) is 2.16. The summed E-state index contributed by atoms with van der Waals surface area (Å²) in [5, 5.41) is 0. The Bertz CT molecular complexity index is 271. The van der Waals surface area contributed by atoms with Gasteiger partial charge < -0.3 is 9.47 Å². The van der Waals surface area contributed by atoms with Crippen molar-refractivity contribution in [2.45, 2.75) is 53.8 Å². The van der Waals surface area contributed by atoms with Gasteiger partial charge in [-0.05, 0) is 18.8 Å². The summed E-state index contributed by atoms with van der Waals surface area (Å²) >= 11 is 0. The number of rotatable bonds is 3. The van der Waals surface area contributed by atoms with Gasteiger partial charge in [0.2, 0.25) is 0 Å². The van der Waals surface area contributed by atoms with Crippen LogP contribution in [0, 0.1) is 5.41 Å². The zero-order valence-electron chi connectivity index (χ0n) is 11.1. The van der Waals surface area contributed by atoms with Gasteiger partial charge in [-0.2, -0.15) is 0 Å². The largest absolute Gasteiger partial charge is 0.377 e. The lowest BCUT2D eigenvalue weighted by Gasteiger charge is -2.27. The Labute approximate surface area is 107 Å². The van der Waals surface area contributed by atoms with Crippen LogP contribution in [-0.4, -0.2) is 25.9 Å². The molecule has 17 heavy (non-hydrogen) atoms. The molecule has 2 heteroatoms. The van der Waals surface area contributed by atoms with E-state index >= 15 is 0 Å². The molecule has 0 aromatic carbocycles. The minimum atomic E-state index is 0. The molecule has 0 N–H and O–H groups in total. The van der Waals surface area contributed by atoms with Gasteiger partial charge >= 0.3 is 0 Å². The van der Waals surface area contributed by atoms with Crippen molar-refractivity contribution in [1.82, 2.24) is 0 Å². The van der Waals surface area contributed by atoms with Crippen LogP contribution in [0.3, 0.4) is 0 Å². The molecule has 0 aromatic rings. The number of hydrogen-bond donors (Lipinski definition) is 0. The lowest BCUT2D eigenvalue weighted by Crippen LogP contribution is -2.27. The Morgan fingerprint density at radius 1 is 1.47 bits per heavy atom. The van der Waals surface area contributed by atoms with Crippen molar-refractivity contribution in [3.63, 3.8) is 0 Å². The van der Waals surface area contributed by atoms with Gasteiger partial charge in [-0.15, -0.1) is 0 Å². The predicted molar refractivity (Wildman–Crippen MR) is 74.2 cm³/mol. The molecular formula is C15H28O2. The summed E-state index contributed by atoms with van der Waals surface area (Å²) < 4.78 is 11.1. The normalized spacial score (nSPS) is 23.1. The highest BCUT2D eigenvalue weighted by Crippen LogP contribution is 2.24. The maximum absolute atomic E-state index is 5.64. The molecule has 0 aliphatic carbocycles. The SMILES string of the molecule is C.COC(/C=C/[C@@H]1CC(C)=CCO1)C(C)(C)C. The second-order valence-corrected chi connectivity index (χ2v) is 5.53. The van der Waals surface area contributed by atoms with Crippen molar-refractivity contribution in [2.75, 3.05) is 13.7 Å². The van der Waals surface area contributed by atoms with Crippen LogP contribution in [-0.2, 0) is 9.47 Å². The molecule has 0 fully saturated rings. The fraction of sp³-hybridized carbons (Fsp3) is 0.733. The molecule has 1 rings (SSSR count). The molecule has 0 radical (unpaired) electrons. The van der Waals surface area contributed by atoms with Gasteiger partial charge in [-0.3, -0.25) is 0 Å².